The first-order valence-corrected chi connectivity index (χ1v) is 7.06. The molecule has 0 saturated heterocycles. The third kappa shape index (κ3) is 6.64. The molecule has 0 aliphatic rings. The summed E-state index contributed by atoms with van der Waals surface area (Å²) in [4.78, 5) is 0.920. The van der Waals surface area contributed by atoms with Crippen LogP contribution in [-0.2, 0) is 0 Å². The van der Waals surface area contributed by atoms with Gasteiger partial charge in [0, 0.05) is 10.7 Å². The van der Waals surface area contributed by atoms with Crippen molar-refractivity contribution in [3.05, 3.63) is 29.3 Å². The second-order valence-corrected chi connectivity index (χ2v) is 5.15. The van der Waals surface area contributed by atoms with Gasteiger partial charge in [-0.15, -0.1) is 0 Å². The average Bonchev–Trinajstić information content (AvgIpc) is 2.32. The Kier molecular flexibility index (Phi) is 7.22. The smallest absolute Gasteiger partial charge is 0.0797 e. The van der Waals surface area contributed by atoms with E-state index in [2.05, 4.69) is 12.2 Å². The summed E-state index contributed by atoms with van der Waals surface area (Å²) in [6, 6.07) is 7.64. The summed E-state index contributed by atoms with van der Waals surface area (Å²) < 4.78 is 0. The van der Waals surface area contributed by atoms with Gasteiger partial charge in [0.2, 0.25) is 0 Å². The molecule has 0 aromatic heterocycles. The van der Waals surface area contributed by atoms with Gasteiger partial charge < -0.3 is 5.32 Å². The fourth-order valence-electron chi connectivity index (χ4n) is 1.65. The van der Waals surface area contributed by atoms with Gasteiger partial charge in [0.25, 0.3) is 0 Å². The highest BCUT2D eigenvalue weighted by atomic mass is 35.5. The van der Waals surface area contributed by atoms with Gasteiger partial charge in [-0.25, -0.2) is 0 Å². The highest BCUT2D eigenvalue weighted by molar-refractivity contribution is 7.80. The third-order valence-corrected chi connectivity index (χ3v) is 3.19. The summed E-state index contributed by atoms with van der Waals surface area (Å²) in [5.41, 5.74) is 1.02. The molecule has 0 unspecified atom stereocenters. The Morgan fingerprint density at radius 3 is 2.41 bits per heavy atom. The normalized spacial score (nSPS) is 10.2. The first-order chi connectivity index (χ1) is 8.22. The van der Waals surface area contributed by atoms with Crippen LogP contribution in [0.5, 0.6) is 0 Å². The Bertz CT molecular complexity index is 335. The summed E-state index contributed by atoms with van der Waals surface area (Å²) in [5.74, 6) is 0. The van der Waals surface area contributed by atoms with Crippen LogP contribution in [0, 0.1) is 0 Å². The maximum atomic E-state index is 5.82. The molecule has 1 aromatic carbocycles. The van der Waals surface area contributed by atoms with E-state index in [0.29, 0.717) is 0 Å². The lowest BCUT2D eigenvalue weighted by Gasteiger charge is -2.07. The Labute approximate surface area is 115 Å². The van der Waals surface area contributed by atoms with Crippen molar-refractivity contribution in [2.24, 2.45) is 0 Å². The summed E-state index contributed by atoms with van der Waals surface area (Å²) in [5, 5.41) is 3.98. The van der Waals surface area contributed by atoms with Crippen LogP contribution in [0.1, 0.15) is 45.4 Å². The van der Waals surface area contributed by atoms with Crippen LogP contribution in [0.15, 0.2) is 24.3 Å². The third-order valence-electron chi connectivity index (χ3n) is 2.64. The molecule has 0 radical (unpaired) electrons. The Morgan fingerprint density at radius 2 is 1.76 bits per heavy atom. The number of hydrogen-bond acceptors (Lipinski definition) is 1. The molecule has 0 spiro atoms. The number of benzene rings is 1. The van der Waals surface area contributed by atoms with E-state index < -0.39 is 0 Å². The van der Waals surface area contributed by atoms with Crippen LogP contribution in [0.3, 0.4) is 0 Å². The van der Waals surface area contributed by atoms with E-state index in [4.69, 9.17) is 23.8 Å². The van der Waals surface area contributed by atoms with E-state index in [1.165, 1.54) is 32.1 Å². The molecule has 3 heteroatoms. The zero-order valence-corrected chi connectivity index (χ0v) is 11.9. The molecule has 1 nitrogen and oxygen atoms in total. The Balaban J connectivity index is 2.18. The van der Waals surface area contributed by atoms with Crippen molar-refractivity contribution in [1.29, 1.82) is 0 Å². The van der Waals surface area contributed by atoms with E-state index in [0.717, 1.165) is 22.1 Å². The van der Waals surface area contributed by atoms with Crippen LogP contribution in [0.4, 0.5) is 5.69 Å². The predicted octanol–water partition coefficient (Wildman–Crippen LogP) is 5.44. The van der Waals surface area contributed by atoms with E-state index in [1.54, 1.807) is 0 Å². The largest absolute Gasteiger partial charge is 0.350 e. The summed E-state index contributed by atoms with van der Waals surface area (Å²) in [6.45, 7) is 2.23. The van der Waals surface area contributed by atoms with E-state index >= 15 is 0 Å². The number of unbranched alkanes of at least 4 members (excludes halogenated alkanes) is 4. The minimum Gasteiger partial charge on any atom is -0.350 e. The average molecular weight is 270 g/mol. The molecule has 0 atom stereocenters. The molecular weight excluding hydrogens is 250 g/mol. The lowest BCUT2D eigenvalue weighted by Crippen LogP contribution is -2.08. The molecule has 0 aliphatic heterocycles. The highest BCUT2D eigenvalue weighted by Crippen LogP contribution is 2.14. The SMILES string of the molecule is CCCCCCCC(=S)Nc1ccc(Cl)cc1. The van der Waals surface area contributed by atoms with Gasteiger partial charge in [0.05, 0.1) is 4.99 Å². The van der Waals surface area contributed by atoms with Crippen molar-refractivity contribution in [2.75, 3.05) is 5.32 Å². The number of anilines is 1. The number of rotatable bonds is 7. The topological polar surface area (TPSA) is 12.0 Å². The Morgan fingerprint density at radius 1 is 1.12 bits per heavy atom. The van der Waals surface area contributed by atoms with Crippen molar-refractivity contribution < 1.29 is 0 Å². The molecule has 0 amide bonds. The van der Waals surface area contributed by atoms with Gasteiger partial charge in [-0.2, -0.15) is 0 Å². The molecule has 0 aliphatic carbocycles. The van der Waals surface area contributed by atoms with Crippen molar-refractivity contribution in [2.45, 2.75) is 45.4 Å². The van der Waals surface area contributed by atoms with Gasteiger partial charge in [-0.05, 0) is 37.1 Å². The minimum absolute atomic E-state index is 0.751. The highest BCUT2D eigenvalue weighted by Gasteiger charge is 1.98. The molecule has 1 rings (SSSR count). The summed E-state index contributed by atoms with van der Waals surface area (Å²) >= 11 is 11.1. The molecule has 17 heavy (non-hydrogen) atoms. The number of hydrogen-bond donors (Lipinski definition) is 1. The standard InChI is InChI=1S/C14H20ClNS/c1-2-3-4-5-6-7-14(17)16-13-10-8-12(15)9-11-13/h8-11H,2-7H2,1H3,(H,16,17). The fraction of sp³-hybridized carbons (Fsp3) is 0.500. The minimum atomic E-state index is 0.751. The molecule has 1 N–H and O–H groups in total. The van der Waals surface area contributed by atoms with Crippen molar-refractivity contribution in [1.82, 2.24) is 0 Å². The second kappa shape index (κ2) is 8.48. The zero-order chi connectivity index (χ0) is 12.5. The van der Waals surface area contributed by atoms with Crippen molar-refractivity contribution in [3.8, 4) is 0 Å². The molecule has 1 aromatic rings. The van der Waals surface area contributed by atoms with E-state index in [-0.39, 0.29) is 0 Å². The van der Waals surface area contributed by atoms with Crippen LogP contribution >= 0.6 is 23.8 Å². The zero-order valence-electron chi connectivity index (χ0n) is 10.3. The van der Waals surface area contributed by atoms with Crippen molar-refractivity contribution in [3.63, 3.8) is 0 Å². The maximum absolute atomic E-state index is 5.82. The van der Waals surface area contributed by atoms with Gasteiger partial charge in [-0.3, -0.25) is 0 Å². The van der Waals surface area contributed by atoms with Crippen LogP contribution in [0.2, 0.25) is 5.02 Å². The van der Waals surface area contributed by atoms with Gasteiger partial charge in [-0.1, -0.05) is 56.4 Å². The van der Waals surface area contributed by atoms with Gasteiger partial charge in [0.1, 0.15) is 0 Å². The Hall–Kier alpha value is -0.600. The molecule has 0 saturated carbocycles. The predicted molar refractivity (Wildman–Crippen MR) is 81.0 cm³/mol. The van der Waals surface area contributed by atoms with E-state index in [1.807, 2.05) is 24.3 Å². The molecule has 0 bridgehead atoms. The quantitative estimate of drug-likeness (QED) is 0.522. The van der Waals surface area contributed by atoms with Crippen molar-refractivity contribution >= 4 is 34.5 Å². The molecule has 0 heterocycles. The maximum Gasteiger partial charge on any atom is 0.0797 e. The fourth-order valence-corrected chi connectivity index (χ4v) is 2.03. The van der Waals surface area contributed by atoms with E-state index in [9.17, 15) is 0 Å². The number of thiocarbonyl (C=S) groups is 1. The summed E-state index contributed by atoms with van der Waals surface area (Å²) in [6.07, 6.45) is 7.36. The van der Waals surface area contributed by atoms with Crippen LogP contribution < -0.4 is 5.32 Å². The van der Waals surface area contributed by atoms with Crippen LogP contribution in [-0.4, -0.2) is 4.99 Å². The first-order valence-electron chi connectivity index (χ1n) is 6.28. The van der Waals surface area contributed by atoms with Gasteiger partial charge >= 0.3 is 0 Å². The lowest BCUT2D eigenvalue weighted by atomic mass is 10.1. The molecular formula is C14H20ClNS. The lowest BCUT2D eigenvalue weighted by molar-refractivity contribution is 0.644. The van der Waals surface area contributed by atoms with Crippen LogP contribution in [0.25, 0.3) is 0 Å². The second-order valence-electron chi connectivity index (χ2n) is 4.22. The monoisotopic (exact) mass is 269 g/mol. The number of nitrogens with one attached hydrogen (secondary N) is 1. The summed E-state index contributed by atoms with van der Waals surface area (Å²) in [7, 11) is 0. The molecule has 0 fully saturated rings. The first kappa shape index (κ1) is 14.5. The van der Waals surface area contributed by atoms with Gasteiger partial charge in [0.15, 0.2) is 0 Å². The molecule has 94 valence electrons. The number of halogens is 1.